The van der Waals surface area contributed by atoms with Crippen LogP contribution in [0.25, 0.3) is 6.08 Å². The minimum Gasteiger partial charge on any atom is -0.378 e. The topological polar surface area (TPSA) is 9.23 Å². The largest absolute Gasteiger partial charge is 0.378 e. The predicted octanol–water partition coefficient (Wildman–Crippen LogP) is 6.55. The number of benzene rings is 1. The van der Waals surface area contributed by atoms with Crippen LogP contribution in [0.2, 0.25) is 0 Å². The van der Waals surface area contributed by atoms with Gasteiger partial charge < -0.3 is 4.74 Å². The Morgan fingerprint density at radius 3 is 2.35 bits per heavy atom. The van der Waals surface area contributed by atoms with Crippen LogP contribution in [0, 0.1) is 0 Å². The Labute approximate surface area is 138 Å². The van der Waals surface area contributed by atoms with Gasteiger partial charge in [-0.2, -0.15) is 8.78 Å². The Morgan fingerprint density at radius 2 is 1.74 bits per heavy atom. The lowest BCUT2D eigenvalue weighted by Gasteiger charge is -2.29. The summed E-state index contributed by atoms with van der Waals surface area (Å²) in [4.78, 5) is 0. The second-order valence-electron chi connectivity index (χ2n) is 6.51. The average molecular weight is 322 g/mol. The van der Waals surface area contributed by atoms with E-state index in [9.17, 15) is 8.78 Å². The van der Waals surface area contributed by atoms with Gasteiger partial charge in [0, 0.05) is 12.7 Å². The van der Waals surface area contributed by atoms with Gasteiger partial charge in [0.05, 0.1) is 6.10 Å². The first-order chi connectivity index (χ1) is 11.2. The van der Waals surface area contributed by atoms with Crippen LogP contribution in [-0.2, 0) is 4.74 Å². The molecule has 23 heavy (non-hydrogen) atoms. The number of halogens is 2. The molecule has 0 unspecified atom stereocenters. The van der Waals surface area contributed by atoms with E-state index in [4.69, 9.17) is 4.74 Å². The third kappa shape index (κ3) is 6.42. The van der Waals surface area contributed by atoms with Crippen molar-refractivity contribution in [3.8, 4) is 0 Å². The number of unbranched alkanes of at least 4 members (excludes halogenated alkanes) is 3. The summed E-state index contributed by atoms with van der Waals surface area (Å²) in [6, 6.07) is 7.55. The van der Waals surface area contributed by atoms with Crippen molar-refractivity contribution < 1.29 is 13.5 Å². The van der Waals surface area contributed by atoms with Gasteiger partial charge in [-0.3, -0.25) is 0 Å². The van der Waals surface area contributed by atoms with Gasteiger partial charge in [0.25, 0.3) is 6.08 Å². The number of hydrogen-bond acceptors (Lipinski definition) is 1. The molecule has 128 valence electrons. The molecule has 1 aromatic rings. The first-order valence-electron chi connectivity index (χ1n) is 8.93. The molecule has 0 spiro atoms. The lowest BCUT2D eigenvalue weighted by atomic mass is 9.82. The van der Waals surface area contributed by atoms with Crippen LogP contribution in [-0.4, -0.2) is 12.7 Å². The number of ether oxygens (including phenoxy) is 1. The maximum absolute atomic E-state index is 12.2. The fourth-order valence-electron chi connectivity index (χ4n) is 3.33. The van der Waals surface area contributed by atoms with Gasteiger partial charge in [-0.25, -0.2) is 0 Å². The van der Waals surface area contributed by atoms with Gasteiger partial charge in [0.2, 0.25) is 0 Å². The summed E-state index contributed by atoms with van der Waals surface area (Å²) < 4.78 is 30.5. The van der Waals surface area contributed by atoms with Crippen LogP contribution < -0.4 is 0 Å². The molecule has 0 heterocycles. The van der Waals surface area contributed by atoms with Gasteiger partial charge >= 0.3 is 0 Å². The molecule has 0 aromatic heterocycles. The summed E-state index contributed by atoms with van der Waals surface area (Å²) in [7, 11) is 0. The molecule has 0 N–H and O–H groups in total. The zero-order chi connectivity index (χ0) is 16.5. The molecule has 1 aromatic carbocycles. The highest BCUT2D eigenvalue weighted by Gasteiger charge is 2.22. The third-order valence-electron chi connectivity index (χ3n) is 4.71. The van der Waals surface area contributed by atoms with E-state index in [1.165, 1.54) is 31.2 Å². The Hall–Kier alpha value is -1.22. The van der Waals surface area contributed by atoms with Crippen molar-refractivity contribution in [2.45, 2.75) is 70.3 Å². The molecule has 1 aliphatic carbocycles. The second-order valence-corrected chi connectivity index (χ2v) is 6.51. The molecular weight excluding hydrogens is 294 g/mol. The summed E-state index contributed by atoms with van der Waals surface area (Å²) in [5, 5.41) is 0. The maximum Gasteiger partial charge on any atom is 0.270 e. The van der Waals surface area contributed by atoms with Gasteiger partial charge in [-0.1, -0.05) is 50.5 Å². The molecule has 1 aliphatic rings. The monoisotopic (exact) mass is 322 g/mol. The second kappa shape index (κ2) is 9.82. The molecular formula is C20H28F2O. The average Bonchev–Trinajstić information content (AvgIpc) is 2.55. The minimum absolute atomic E-state index is 0.413. The molecule has 0 atom stereocenters. The normalized spacial score (nSPS) is 21.2. The third-order valence-corrected chi connectivity index (χ3v) is 4.71. The van der Waals surface area contributed by atoms with Crippen molar-refractivity contribution >= 4 is 6.08 Å². The minimum atomic E-state index is -1.64. The van der Waals surface area contributed by atoms with E-state index < -0.39 is 6.08 Å². The Morgan fingerprint density at radius 1 is 1.04 bits per heavy atom. The van der Waals surface area contributed by atoms with E-state index in [-0.39, 0.29) is 0 Å². The van der Waals surface area contributed by atoms with Crippen LogP contribution in [0.3, 0.4) is 0 Å². The lowest BCUT2D eigenvalue weighted by Crippen LogP contribution is -2.21. The molecule has 1 saturated carbocycles. The van der Waals surface area contributed by atoms with Crippen molar-refractivity contribution in [1.29, 1.82) is 0 Å². The van der Waals surface area contributed by atoms with Crippen molar-refractivity contribution in [3.63, 3.8) is 0 Å². The molecule has 1 nitrogen and oxygen atoms in total. The smallest absolute Gasteiger partial charge is 0.270 e. The molecule has 2 rings (SSSR count). The maximum atomic E-state index is 12.2. The number of rotatable bonds is 8. The van der Waals surface area contributed by atoms with Crippen molar-refractivity contribution in [2.75, 3.05) is 6.61 Å². The molecule has 0 radical (unpaired) electrons. The van der Waals surface area contributed by atoms with E-state index in [1.807, 2.05) is 12.1 Å². The fourth-order valence-corrected chi connectivity index (χ4v) is 3.33. The summed E-state index contributed by atoms with van der Waals surface area (Å²) in [6.07, 6.45) is 9.17. The Balaban J connectivity index is 1.72. The molecule has 1 fully saturated rings. The van der Waals surface area contributed by atoms with E-state index in [2.05, 4.69) is 6.92 Å². The number of hydrogen-bond donors (Lipinski definition) is 0. The van der Waals surface area contributed by atoms with Gasteiger partial charge in [0.15, 0.2) is 0 Å². The molecule has 3 heteroatoms. The van der Waals surface area contributed by atoms with E-state index in [1.54, 1.807) is 12.1 Å². The van der Waals surface area contributed by atoms with Crippen LogP contribution in [0.1, 0.15) is 75.3 Å². The summed E-state index contributed by atoms with van der Waals surface area (Å²) >= 11 is 0. The quantitative estimate of drug-likeness (QED) is 0.493. The summed E-state index contributed by atoms with van der Waals surface area (Å²) in [5.41, 5.74) is 1.83. The van der Waals surface area contributed by atoms with E-state index >= 15 is 0 Å². The van der Waals surface area contributed by atoms with Crippen LogP contribution in [0.4, 0.5) is 8.78 Å². The first kappa shape index (κ1) is 18.1. The highest BCUT2D eigenvalue weighted by atomic mass is 19.3. The van der Waals surface area contributed by atoms with Gasteiger partial charge in [-0.05, 0) is 49.1 Å². The lowest BCUT2D eigenvalue weighted by molar-refractivity contribution is 0.0226. The first-order valence-corrected chi connectivity index (χ1v) is 8.93. The molecule has 0 bridgehead atoms. The van der Waals surface area contributed by atoms with Crippen LogP contribution in [0.15, 0.2) is 30.3 Å². The van der Waals surface area contributed by atoms with Crippen molar-refractivity contribution in [1.82, 2.24) is 0 Å². The predicted molar refractivity (Wildman–Crippen MR) is 91.7 cm³/mol. The zero-order valence-electron chi connectivity index (χ0n) is 14.1. The van der Waals surface area contributed by atoms with Crippen LogP contribution in [0.5, 0.6) is 0 Å². The van der Waals surface area contributed by atoms with Gasteiger partial charge in [0.1, 0.15) is 0 Å². The van der Waals surface area contributed by atoms with Crippen molar-refractivity contribution in [3.05, 3.63) is 41.5 Å². The van der Waals surface area contributed by atoms with E-state index in [0.29, 0.717) is 17.6 Å². The van der Waals surface area contributed by atoms with Gasteiger partial charge in [-0.15, -0.1) is 0 Å². The highest BCUT2D eigenvalue weighted by molar-refractivity contribution is 5.50. The standard InChI is InChI=1S/C20H28F2O/c1-2-3-4-5-14-23-19-12-10-18(11-13-19)17-8-6-16(7-9-17)15-20(21)22/h6-9,15,18-19H,2-5,10-14H2,1H3. The zero-order valence-corrected chi connectivity index (χ0v) is 14.1. The fraction of sp³-hybridized carbons (Fsp3) is 0.600. The van der Waals surface area contributed by atoms with E-state index in [0.717, 1.165) is 38.4 Å². The SMILES string of the molecule is CCCCCCOC1CCC(c2ccc(C=C(F)F)cc2)CC1. The highest BCUT2D eigenvalue weighted by Crippen LogP contribution is 2.34. The summed E-state index contributed by atoms with van der Waals surface area (Å²) in [6.45, 7) is 3.12. The molecule has 0 saturated heterocycles. The van der Waals surface area contributed by atoms with Crippen LogP contribution >= 0.6 is 0 Å². The summed E-state index contributed by atoms with van der Waals surface area (Å²) in [5.74, 6) is 0.545. The molecule has 0 aliphatic heterocycles. The Kier molecular flexibility index (Phi) is 7.73. The Bertz CT molecular complexity index is 469. The van der Waals surface area contributed by atoms with Crippen molar-refractivity contribution in [2.24, 2.45) is 0 Å². The molecule has 0 amide bonds.